The largest absolute Gasteiger partial charge is 0.456 e. The van der Waals surface area contributed by atoms with E-state index in [2.05, 4.69) is 169 Å². The summed E-state index contributed by atoms with van der Waals surface area (Å²) in [5.74, 6) is 0. The van der Waals surface area contributed by atoms with E-state index in [0.717, 1.165) is 72.2 Å². The lowest BCUT2D eigenvalue weighted by Crippen LogP contribution is -2.10. The topological polar surface area (TPSA) is 29.5 Å². The van der Waals surface area contributed by atoms with E-state index in [0.29, 0.717) is 0 Å². The molecule has 0 spiro atoms. The average molecular weight is 628 g/mol. The van der Waals surface area contributed by atoms with Gasteiger partial charge in [0.05, 0.1) is 0 Å². The average Bonchev–Trinajstić information content (AvgIpc) is 3.73. The van der Waals surface area contributed by atoms with E-state index >= 15 is 0 Å². The summed E-state index contributed by atoms with van der Waals surface area (Å²) in [6.45, 7) is 0. The summed E-state index contributed by atoms with van der Waals surface area (Å²) in [7, 11) is 0. The van der Waals surface area contributed by atoms with Gasteiger partial charge in [0.1, 0.15) is 22.3 Å². The van der Waals surface area contributed by atoms with Crippen molar-refractivity contribution in [2.24, 2.45) is 0 Å². The van der Waals surface area contributed by atoms with Crippen LogP contribution < -0.4 is 4.90 Å². The van der Waals surface area contributed by atoms with Crippen LogP contribution in [0.5, 0.6) is 0 Å². The zero-order valence-corrected chi connectivity index (χ0v) is 26.5. The SMILES string of the molecule is c1ccc(-c2cccc(N(c3ccc(-c4ccc5c(c4)oc4ccc6ccccc6c45)cc3)c3ccc4c(c3)oc3ccccc34)c2)cc1. The van der Waals surface area contributed by atoms with Crippen molar-refractivity contribution in [1.82, 2.24) is 0 Å². The molecule has 230 valence electrons. The molecule has 0 saturated heterocycles. The summed E-state index contributed by atoms with van der Waals surface area (Å²) in [6.07, 6.45) is 0. The Kier molecular flexibility index (Phi) is 6.18. The fourth-order valence-corrected chi connectivity index (χ4v) is 7.28. The van der Waals surface area contributed by atoms with Crippen LogP contribution in [0, 0.1) is 0 Å². The van der Waals surface area contributed by atoms with Crippen LogP contribution in [0.15, 0.2) is 185 Å². The van der Waals surface area contributed by atoms with Gasteiger partial charge >= 0.3 is 0 Å². The second-order valence-electron chi connectivity index (χ2n) is 12.6. The monoisotopic (exact) mass is 627 g/mol. The Morgan fingerprint density at radius 2 is 0.918 bits per heavy atom. The third-order valence-electron chi connectivity index (χ3n) is 9.65. The van der Waals surface area contributed by atoms with Gasteiger partial charge in [0, 0.05) is 44.7 Å². The van der Waals surface area contributed by atoms with Crippen molar-refractivity contribution in [3.63, 3.8) is 0 Å². The van der Waals surface area contributed by atoms with Crippen LogP contribution in [0.3, 0.4) is 0 Å². The fourth-order valence-electron chi connectivity index (χ4n) is 7.28. The molecule has 49 heavy (non-hydrogen) atoms. The lowest BCUT2D eigenvalue weighted by Gasteiger charge is -2.26. The lowest BCUT2D eigenvalue weighted by molar-refractivity contribution is 0.668. The second-order valence-corrected chi connectivity index (χ2v) is 12.6. The maximum atomic E-state index is 6.39. The molecular weight excluding hydrogens is 599 g/mol. The number of para-hydroxylation sites is 1. The van der Waals surface area contributed by atoms with Crippen LogP contribution in [0.1, 0.15) is 0 Å². The molecule has 0 bridgehead atoms. The van der Waals surface area contributed by atoms with Gasteiger partial charge < -0.3 is 13.7 Å². The molecule has 3 nitrogen and oxygen atoms in total. The minimum absolute atomic E-state index is 0.867. The number of benzene rings is 8. The molecule has 3 heteroatoms. The van der Waals surface area contributed by atoms with Crippen LogP contribution in [0.25, 0.3) is 76.9 Å². The summed E-state index contributed by atoms with van der Waals surface area (Å²) in [5, 5.41) is 6.98. The van der Waals surface area contributed by atoms with Gasteiger partial charge in [0.15, 0.2) is 0 Å². The quantitative estimate of drug-likeness (QED) is 0.190. The Morgan fingerprint density at radius 3 is 1.82 bits per heavy atom. The van der Waals surface area contributed by atoms with Crippen LogP contribution in [-0.2, 0) is 0 Å². The van der Waals surface area contributed by atoms with Crippen LogP contribution in [0.2, 0.25) is 0 Å². The van der Waals surface area contributed by atoms with Gasteiger partial charge in [-0.05, 0) is 93.7 Å². The second kappa shape index (κ2) is 11.0. The van der Waals surface area contributed by atoms with Crippen molar-refractivity contribution in [1.29, 1.82) is 0 Å². The Hall–Kier alpha value is -6.58. The van der Waals surface area contributed by atoms with Crippen molar-refractivity contribution in [2.45, 2.75) is 0 Å². The number of hydrogen-bond donors (Lipinski definition) is 0. The molecule has 0 fully saturated rings. The number of nitrogens with zero attached hydrogens (tertiary/aromatic N) is 1. The molecule has 0 aliphatic carbocycles. The first-order valence-corrected chi connectivity index (χ1v) is 16.6. The minimum Gasteiger partial charge on any atom is -0.456 e. The Labute approximate surface area is 282 Å². The molecule has 0 N–H and O–H groups in total. The van der Waals surface area contributed by atoms with Crippen molar-refractivity contribution < 1.29 is 8.83 Å². The van der Waals surface area contributed by atoms with Gasteiger partial charge in [0.2, 0.25) is 0 Å². The highest BCUT2D eigenvalue weighted by molar-refractivity contribution is 6.19. The first kappa shape index (κ1) is 27.5. The number of hydrogen-bond acceptors (Lipinski definition) is 3. The predicted octanol–water partition coefficient (Wildman–Crippen LogP) is 13.4. The molecule has 0 radical (unpaired) electrons. The van der Waals surface area contributed by atoms with E-state index in [4.69, 9.17) is 8.83 Å². The van der Waals surface area contributed by atoms with E-state index in [1.54, 1.807) is 0 Å². The molecular formula is C46H29NO2. The van der Waals surface area contributed by atoms with E-state index < -0.39 is 0 Å². The van der Waals surface area contributed by atoms with Gasteiger partial charge in [-0.3, -0.25) is 0 Å². The van der Waals surface area contributed by atoms with E-state index in [-0.39, 0.29) is 0 Å². The van der Waals surface area contributed by atoms with Gasteiger partial charge in [-0.1, -0.05) is 109 Å². The number of fused-ring (bicyclic) bond motifs is 8. The Bertz CT molecular complexity index is 2830. The van der Waals surface area contributed by atoms with E-state index in [9.17, 15) is 0 Å². The van der Waals surface area contributed by atoms with Crippen molar-refractivity contribution >= 4 is 71.7 Å². The Morgan fingerprint density at radius 1 is 0.306 bits per heavy atom. The third kappa shape index (κ3) is 4.59. The van der Waals surface area contributed by atoms with E-state index in [1.165, 1.54) is 21.7 Å². The minimum atomic E-state index is 0.867. The van der Waals surface area contributed by atoms with Gasteiger partial charge in [-0.25, -0.2) is 0 Å². The number of rotatable bonds is 5. The first-order chi connectivity index (χ1) is 24.3. The molecule has 10 aromatic rings. The standard InChI is InChI=1S/C46H29NO2/c1-2-9-30(10-3-1)33-12-8-13-36(27-33)47(37-23-25-40-39-15-6-7-16-42(39)48-45(40)29-37)35-21-17-31(18-22-35)34-19-24-41-44(28-34)49-43-26-20-32-11-4-5-14-38(32)46(41)43/h1-29H. The van der Waals surface area contributed by atoms with Gasteiger partial charge in [-0.15, -0.1) is 0 Å². The number of furan rings is 2. The maximum absolute atomic E-state index is 6.39. The predicted molar refractivity (Wildman–Crippen MR) is 204 cm³/mol. The van der Waals surface area contributed by atoms with Crippen molar-refractivity contribution in [2.75, 3.05) is 4.90 Å². The third-order valence-corrected chi connectivity index (χ3v) is 9.65. The summed E-state index contributed by atoms with van der Waals surface area (Å²) in [4.78, 5) is 2.30. The van der Waals surface area contributed by atoms with Crippen molar-refractivity contribution in [3.8, 4) is 22.3 Å². The molecule has 8 aromatic carbocycles. The summed E-state index contributed by atoms with van der Waals surface area (Å²) in [6, 6.07) is 62.0. The normalized spacial score (nSPS) is 11.7. The van der Waals surface area contributed by atoms with E-state index in [1.807, 2.05) is 12.1 Å². The molecule has 0 amide bonds. The van der Waals surface area contributed by atoms with Crippen molar-refractivity contribution in [3.05, 3.63) is 176 Å². The first-order valence-electron chi connectivity index (χ1n) is 16.6. The highest BCUT2D eigenvalue weighted by Crippen LogP contribution is 2.41. The summed E-state index contributed by atoms with van der Waals surface area (Å²) >= 11 is 0. The summed E-state index contributed by atoms with van der Waals surface area (Å²) in [5.41, 5.74) is 11.3. The van der Waals surface area contributed by atoms with Crippen LogP contribution in [-0.4, -0.2) is 0 Å². The maximum Gasteiger partial charge on any atom is 0.137 e. The zero-order chi connectivity index (χ0) is 32.3. The molecule has 0 saturated carbocycles. The smallest absolute Gasteiger partial charge is 0.137 e. The summed E-state index contributed by atoms with van der Waals surface area (Å²) < 4.78 is 12.7. The molecule has 0 aliphatic heterocycles. The van der Waals surface area contributed by atoms with Gasteiger partial charge in [-0.2, -0.15) is 0 Å². The highest BCUT2D eigenvalue weighted by Gasteiger charge is 2.17. The van der Waals surface area contributed by atoms with Crippen LogP contribution in [0.4, 0.5) is 17.1 Å². The van der Waals surface area contributed by atoms with Crippen LogP contribution >= 0.6 is 0 Å². The molecule has 0 atom stereocenters. The highest BCUT2D eigenvalue weighted by atomic mass is 16.3. The molecule has 10 rings (SSSR count). The zero-order valence-electron chi connectivity index (χ0n) is 26.5. The fraction of sp³-hybridized carbons (Fsp3) is 0. The molecule has 0 aliphatic rings. The number of anilines is 3. The molecule has 0 unspecified atom stereocenters. The molecule has 2 aromatic heterocycles. The van der Waals surface area contributed by atoms with Gasteiger partial charge in [0.25, 0.3) is 0 Å². The molecule has 2 heterocycles. The Balaban J connectivity index is 1.08. The lowest BCUT2D eigenvalue weighted by atomic mass is 10.0.